The first-order valence-corrected chi connectivity index (χ1v) is 12.6. The first-order chi connectivity index (χ1) is 14.3. The molecular weight excluding hydrogens is 386 g/mol. The van der Waals surface area contributed by atoms with Gasteiger partial charge in [-0.15, -0.1) is 0 Å². The van der Waals surface area contributed by atoms with E-state index in [0.29, 0.717) is 0 Å². The van der Waals surface area contributed by atoms with Crippen molar-refractivity contribution in [2.75, 3.05) is 0 Å². The van der Waals surface area contributed by atoms with Crippen molar-refractivity contribution >= 4 is 37.1 Å². The zero-order chi connectivity index (χ0) is 19.9. The lowest BCUT2D eigenvalue weighted by Crippen LogP contribution is -2.13. The summed E-state index contributed by atoms with van der Waals surface area (Å²) < 4.78 is 0. The molecule has 4 aromatic rings. The second-order valence-corrected chi connectivity index (χ2v) is 11.3. The van der Waals surface area contributed by atoms with E-state index in [-0.39, 0.29) is 0 Å². The van der Waals surface area contributed by atoms with Crippen molar-refractivity contribution < 1.29 is 0 Å². The molecule has 0 atom stereocenters. The summed E-state index contributed by atoms with van der Waals surface area (Å²) >= 11 is 0. The van der Waals surface area contributed by atoms with Gasteiger partial charge in [-0.1, -0.05) is 121 Å². The molecule has 0 radical (unpaired) electrons. The van der Waals surface area contributed by atoms with Gasteiger partial charge in [0.25, 0.3) is 0 Å². The number of allylic oxidation sites excluding steroid dienone is 1. The van der Waals surface area contributed by atoms with Gasteiger partial charge in [0.05, 0.1) is 0 Å². The van der Waals surface area contributed by atoms with Gasteiger partial charge in [-0.25, -0.2) is 0 Å². The molecule has 4 rings (SSSR count). The molecule has 0 amide bonds. The summed E-state index contributed by atoms with van der Waals surface area (Å²) in [5.74, 6) is 2.53. The van der Waals surface area contributed by atoms with Crippen LogP contribution in [-0.4, -0.2) is 0 Å². The fourth-order valence-electron chi connectivity index (χ4n) is 3.43. The van der Waals surface area contributed by atoms with Crippen LogP contribution in [0.25, 0.3) is 0 Å². The number of benzene rings is 4. The van der Waals surface area contributed by atoms with Crippen molar-refractivity contribution in [1.82, 2.24) is 0 Å². The molecule has 0 aliphatic heterocycles. The van der Waals surface area contributed by atoms with Crippen LogP contribution < -0.4 is 21.2 Å². The number of hydrogen-bond donors (Lipinski definition) is 0. The molecule has 0 N–H and O–H groups in total. The first kappa shape index (κ1) is 19.8. The third kappa shape index (κ3) is 4.91. The second kappa shape index (κ2) is 9.80. The Kier molecular flexibility index (Phi) is 6.68. The van der Waals surface area contributed by atoms with Gasteiger partial charge in [0, 0.05) is 0 Å². The van der Waals surface area contributed by atoms with E-state index in [2.05, 4.69) is 134 Å². The molecule has 4 aromatic carbocycles. The van der Waals surface area contributed by atoms with Gasteiger partial charge in [0.1, 0.15) is 0 Å². The van der Waals surface area contributed by atoms with Crippen LogP contribution in [0, 0.1) is 0 Å². The summed E-state index contributed by atoms with van der Waals surface area (Å²) in [4.78, 5) is 0. The van der Waals surface area contributed by atoms with Gasteiger partial charge >= 0.3 is 0 Å². The monoisotopic (exact) mass is 410 g/mol. The second-order valence-electron chi connectivity index (χ2n) is 6.82. The van der Waals surface area contributed by atoms with Crippen LogP contribution >= 0.6 is 15.8 Å². The summed E-state index contributed by atoms with van der Waals surface area (Å²) in [6.07, 6.45) is 0. The SMILES string of the molecule is C/C(=C/P(c1ccccc1)c1ccccc1)P(c1ccccc1)c1ccccc1. The third-order valence-corrected chi connectivity index (χ3v) is 9.79. The molecule has 0 fully saturated rings. The largest absolute Gasteiger partial charge is 0.0622 e. The van der Waals surface area contributed by atoms with E-state index in [0.717, 1.165) is 0 Å². The van der Waals surface area contributed by atoms with E-state index in [1.807, 2.05) is 0 Å². The third-order valence-electron chi connectivity index (χ3n) is 4.77. The van der Waals surface area contributed by atoms with Crippen molar-refractivity contribution in [1.29, 1.82) is 0 Å². The highest BCUT2D eigenvalue weighted by Gasteiger charge is 2.18. The molecule has 142 valence electrons. The number of rotatable bonds is 6. The summed E-state index contributed by atoms with van der Waals surface area (Å²) in [6.45, 7) is 2.31. The lowest BCUT2D eigenvalue weighted by Gasteiger charge is -2.23. The zero-order valence-electron chi connectivity index (χ0n) is 16.5. The van der Waals surface area contributed by atoms with Crippen molar-refractivity contribution in [3.05, 3.63) is 132 Å². The summed E-state index contributed by atoms with van der Waals surface area (Å²) in [7, 11) is -1.10. The van der Waals surface area contributed by atoms with Crippen LogP contribution in [0.5, 0.6) is 0 Å². The lowest BCUT2D eigenvalue weighted by atomic mass is 10.4. The minimum absolute atomic E-state index is 0.548. The Hall–Kier alpha value is -2.52. The minimum Gasteiger partial charge on any atom is -0.0622 e. The predicted molar refractivity (Wildman–Crippen MR) is 132 cm³/mol. The fraction of sp³-hybridized carbons (Fsp3) is 0.0370. The van der Waals surface area contributed by atoms with Crippen molar-refractivity contribution in [2.45, 2.75) is 6.92 Å². The van der Waals surface area contributed by atoms with Crippen molar-refractivity contribution in [3.63, 3.8) is 0 Å². The maximum atomic E-state index is 2.53. The molecule has 29 heavy (non-hydrogen) atoms. The van der Waals surface area contributed by atoms with E-state index in [1.54, 1.807) is 0 Å². The predicted octanol–water partition coefficient (Wildman–Crippen LogP) is 6.11. The fourth-order valence-corrected chi connectivity index (χ4v) is 8.25. The van der Waals surface area contributed by atoms with Crippen LogP contribution in [0.2, 0.25) is 0 Å². The quantitative estimate of drug-likeness (QED) is 0.336. The van der Waals surface area contributed by atoms with Gasteiger partial charge in [-0.3, -0.25) is 0 Å². The average Bonchev–Trinajstić information content (AvgIpc) is 2.80. The molecule has 0 aromatic heterocycles. The van der Waals surface area contributed by atoms with Crippen molar-refractivity contribution in [2.24, 2.45) is 0 Å². The molecule has 0 saturated carbocycles. The Morgan fingerprint density at radius 2 is 0.793 bits per heavy atom. The Balaban J connectivity index is 1.81. The van der Waals surface area contributed by atoms with Gasteiger partial charge < -0.3 is 0 Å². The Labute approximate surface area is 176 Å². The molecule has 0 saturated heterocycles. The smallest absolute Gasteiger partial charge is 0.0154 e. The minimum atomic E-state index is -0.549. The summed E-state index contributed by atoms with van der Waals surface area (Å²) in [5, 5.41) is 7.04. The van der Waals surface area contributed by atoms with Gasteiger partial charge in [-0.2, -0.15) is 0 Å². The van der Waals surface area contributed by atoms with E-state index in [1.165, 1.54) is 26.5 Å². The number of hydrogen-bond acceptors (Lipinski definition) is 0. The van der Waals surface area contributed by atoms with Crippen LogP contribution in [0.3, 0.4) is 0 Å². The Bertz CT molecular complexity index is 964. The van der Waals surface area contributed by atoms with E-state index >= 15 is 0 Å². The van der Waals surface area contributed by atoms with E-state index in [9.17, 15) is 0 Å². The molecule has 0 aliphatic rings. The lowest BCUT2D eigenvalue weighted by molar-refractivity contribution is 1.67. The zero-order valence-corrected chi connectivity index (χ0v) is 18.3. The van der Waals surface area contributed by atoms with Gasteiger partial charge in [0.15, 0.2) is 0 Å². The molecule has 0 unspecified atom stereocenters. The topological polar surface area (TPSA) is 0 Å². The Morgan fingerprint density at radius 1 is 0.483 bits per heavy atom. The normalized spacial score (nSPS) is 11.8. The van der Waals surface area contributed by atoms with Gasteiger partial charge in [-0.05, 0) is 55.1 Å². The molecule has 0 bridgehead atoms. The molecule has 0 aliphatic carbocycles. The first-order valence-electron chi connectivity index (χ1n) is 9.81. The maximum absolute atomic E-state index is 2.53. The van der Waals surface area contributed by atoms with Crippen molar-refractivity contribution in [3.8, 4) is 0 Å². The van der Waals surface area contributed by atoms with E-state index in [4.69, 9.17) is 0 Å². The highest BCUT2D eigenvalue weighted by atomic mass is 31.1. The molecule has 0 nitrogen and oxygen atoms in total. The molecule has 2 heteroatoms. The van der Waals surface area contributed by atoms with Crippen LogP contribution in [0.15, 0.2) is 132 Å². The average molecular weight is 410 g/mol. The standard InChI is InChI=1S/C27H24P2/c1-23(29(26-18-10-4-11-19-26)27-20-12-5-13-21-27)22-28(24-14-6-2-7-15-24)25-16-8-3-9-17-25/h2-22H,1H3/b23-22-. The highest BCUT2D eigenvalue weighted by molar-refractivity contribution is 7.79. The van der Waals surface area contributed by atoms with Gasteiger partial charge in [0.2, 0.25) is 0 Å². The summed E-state index contributed by atoms with van der Waals surface area (Å²) in [6, 6.07) is 43.7. The highest BCUT2D eigenvalue weighted by Crippen LogP contribution is 2.48. The molecular formula is C27H24P2. The maximum Gasteiger partial charge on any atom is -0.0154 e. The van der Waals surface area contributed by atoms with Crippen LogP contribution in [-0.2, 0) is 0 Å². The molecule has 0 spiro atoms. The van der Waals surface area contributed by atoms with E-state index < -0.39 is 15.8 Å². The van der Waals surface area contributed by atoms with Crippen LogP contribution in [0.4, 0.5) is 0 Å². The van der Waals surface area contributed by atoms with Crippen LogP contribution in [0.1, 0.15) is 6.92 Å². The Morgan fingerprint density at radius 3 is 1.14 bits per heavy atom. The summed E-state index contributed by atoms with van der Waals surface area (Å²) in [5.41, 5.74) is 0. The molecule has 0 heterocycles.